The zero-order valence-corrected chi connectivity index (χ0v) is 15.4. The van der Waals surface area contributed by atoms with Gasteiger partial charge in [-0.3, -0.25) is 4.68 Å². The van der Waals surface area contributed by atoms with Gasteiger partial charge in [0, 0.05) is 42.3 Å². The Labute approximate surface area is 161 Å². The molecule has 0 aliphatic heterocycles. The fraction of sp³-hybridized carbons (Fsp3) is 0.100. The number of nitriles is 1. The molecular weight excluding hydrogens is 354 g/mol. The monoisotopic (exact) mass is 371 g/mol. The van der Waals surface area contributed by atoms with Crippen molar-refractivity contribution < 1.29 is 4.74 Å². The van der Waals surface area contributed by atoms with Crippen LogP contribution in [0.15, 0.2) is 55.1 Å². The van der Waals surface area contributed by atoms with E-state index in [1.807, 2.05) is 49.8 Å². The van der Waals surface area contributed by atoms with E-state index < -0.39 is 0 Å². The van der Waals surface area contributed by atoms with E-state index in [0.717, 1.165) is 16.8 Å². The molecule has 0 amide bonds. The predicted octanol–water partition coefficient (Wildman–Crippen LogP) is 2.80. The molecule has 3 aromatic heterocycles. The smallest absolute Gasteiger partial charge is 0.142 e. The summed E-state index contributed by atoms with van der Waals surface area (Å²) in [4.78, 5) is 4.40. The first-order chi connectivity index (χ1) is 13.6. The van der Waals surface area contributed by atoms with Crippen LogP contribution in [0, 0.1) is 11.3 Å². The van der Waals surface area contributed by atoms with E-state index in [-0.39, 0.29) is 5.82 Å². The number of aromatic nitrogens is 5. The number of nitrogens with two attached hydrogens (primary N) is 1. The van der Waals surface area contributed by atoms with Crippen molar-refractivity contribution in [1.82, 2.24) is 24.5 Å². The van der Waals surface area contributed by atoms with Gasteiger partial charge < -0.3 is 10.5 Å². The number of pyridine rings is 1. The molecule has 138 valence electrons. The van der Waals surface area contributed by atoms with Gasteiger partial charge in [-0.1, -0.05) is 0 Å². The summed E-state index contributed by atoms with van der Waals surface area (Å²) in [5.74, 6) is 0.821. The fourth-order valence-electron chi connectivity index (χ4n) is 3.07. The zero-order chi connectivity index (χ0) is 19.7. The first kappa shape index (κ1) is 17.3. The van der Waals surface area contributed by atoms with E-state index >= 15 is 0 Å². The van der Waals surface area contributed by atoms with Gasteiger partial charge in [-0.2, -0.15) is 15.5 Å². The molecule has 0 fully saturated rings. The molecule has 4 aromatic rings. The highest BCUT2D eigenvalue weighted by Crippen LogP contribution is 2.36. The normalized spacial score (nSPS) is 10.6. The van der Waals surface area contributed by atoms with E-state index in [9.17, 15) is 5.26 Å². The van der Waals surface area contributed by atoms with Crippen LogP contribution in [0.1, 0.15) is 5.56 Å². The third-order valence-electron chi connectivity index (χ3n) is 4.40. The topological polar surface area (TPSA) is 108 Å². The van der Waals surface area contributed by atoms with Crippen LogP contribution in [0.25, 0.3) is 28.1 Å². The molecule has 3 heterocycles. The Kier molecular flexibility index (Phi) is 4.26. The van der Waals surface area contributed by atoms with Crippen LogP contribution < -0.4 is 10.5 Å². The van der Waals surface area contributed by atoms with Crippen molar-refractivity contribution in [2.24, 2.45) is 7.05 Å². The molecule has 28 heavy (non-hydrogen) atoms. The van der Waals surface area contributed by atoms with Gasteiger partial charge in [0.25, 0.3) is 0 Å². The molecular formula is C20H17N7O. The molecule has 0 bridgehead atoms. The lowest BCUT2D eigenvalue weighted by molar-refractivity contribution is 0.415. The number of nitrogen functional groups attached to an aromatic ring is 1. The van der Waals surface area contributed by atoms with Crippen molar-refractivity contribution in [1.29, 1.82) is 5.26 Å². The third-order valence-corrected chi connectivity index (χ3v) is 4.40. The molecule has 0 atom stereocenters. The minimum atomic E-state index is 0.160. The second-order valence-electron chi connectivity index (χ2n) is 6.16. The molecule has 2 N–H and O–H groups in total. The highest BCUT2D eigenvalue weighted by Gasteiger charge is 2.18. The zero-order valence-electron chi connectivity index (χ0n) is 15.4. The summed E-state index contributed by atoms with van der Waals surface area (Å²) in [6.07, 6.45) is 7.08. The second kappa shape index (κ2) is 6.89. The van der Waals surface area contributed by atoms with E-state index in [1.54, 1.807) is 28.9 Å². The average Bonchev–Trinajstić information content (AvgIpc) is 3.38. The van der Waals surface area contributed by atoms with Gasteiger partial charge in [-0.15, -0.1) is 0 Å². The van der Waals surface area contributed by atoms with E-state index in [2.05, 4.69) is 21.3 Å². The van der Waals surface area contributed by atoms with E-state index in [4.69, 9.17) is 10.5 Å². The molecule has 8 heteroatoms. The van der Waals surface area contributed by atoms with Crippen LogP contribution >= 0.6 is 0 Å². The van der Waals surface area contributed by atoms with Crippen molar-refractivity contribution in [3.05, 3.63) is 60.7 Å². The Hall–Kier alpha value is -4.12. The van der Waals surface area contributed by atoms with E-state index in [0.29, 0.717) is 22.6 Å². The van der Waals surface area contributed by atoms with Crippen LogP contribution in [0.5, 0.6) is 5.75 Å². The summed E-state index contributed by atoms with van der Waals surface area (Å²) in [6.45, 7) is 0. The SMILES string of the molecule is COc1ccc(-n2cccn2)c(-c2cc(-c3cnn(C)c3)nc(N)c2C#N)c1. The van der Waals surface area contributed by atoms with Gasteiger partial charge in [0.15, 0.2) is 0 Å². The lowest BCUT2D eigenvalue weighted by Gasteiger charge is -2.15. The number of aryl methyl sites for hydroxylation is 1. The Morgan fingerprint density at radius 2 is 2.04 bits per heavy atom. The van der Waals surface area contributed by atoms with Crippen LogP contribution in [0.2, 0.25) is 0 Å². The Balaban J connectivity index is 2.01. The van der Waals surface area contributed by atoms with Crippen molar-refractivity contribution in [3.63, 3.8) is 0 Å². The summed E-state index contributed by atoms with van der Waals surface area (Å²) < 4.78 is 8.82. The van der Waals surface area contributed by atoms with Crippen LogP contribution in [-0.4, -0.2) is 31.7 Å². The molecule has 0 aliphatic carbocycles. The number of benzene rings is 1. The third kappa shape index (κ3) is 2.95. The molecule has 0 saturated carbocycles. The number of methoxy groups -OCH3 is 1. The molecule has 0 aliphatic rings. The average molecular weight is 371 g/mol. The molecule has 0 spiro atoms. The van der Waals surface area contributed by atoms with Gasteiger partial charge in [0.1, 0.15) is 23.2 Å². The first-order valence-corrected chi connectivity index (χ1v) is 8.48. The summed E-state index contributed by atoms with van der Waals surface area (Å²) in [5, 5.41) is 18.2. The summed E-state index contributed by atoms with van der Waals surface area (Å²) in [7, 11) is 3.43. The lowest BCUT2D eigenvalue weighted by atomic mass is 9.97. The minimum Gasteiger partial charge on any atom is -0.497 e. The molecule has 1 aromatic carbocycles. The van der Waals surface area contributed by atoms with Crippen molar-refractivity contribution in [3.8, 4) is 39.9 Å². The van der Waals surface area contributed by atoms with Crippen LogP contribution in [0.4, 0.5) is 5.82 Å². The van der Waals surface area contributed by atoms with Gasteiger partial charge in [-0.25, -0.2) is 9.67 Å². The molecule has 0 saturated heterocycles. The van der Waals surface area contributed by atoms with Gasteiger partial charge in [0.2, 0.25) is 0 Å². The first-order valence-electron chi connectivity index (χ1n) is 8.48. The number of anilines is 1. The number of hydrogen-bond donors (Lipinski definition) is 1. The van der Waals surface area contributed by atoms with Crippen LogP contribution in [0.3, 0.4) is 0 Å². The number of hydrogen-bond acceptors (Lipinski definition) is 6. The fourth-order valence-corrected chi connectivity index (χ4v) is 3.07. The molecule has 0 radical (unpaired) electrons. The number of rotatable bonds is 4. The maximum atomic E-state index is 9.73. The largest absolute Gasteiger partial charge is 0.497 e. The van der Waals surface area contributed by atoms with Gasteiger partial charge >= 0.3 is 0 Å². The predicted molar refractivity (Wildman–Crippen MR) is 105 cm³/mol. The lowest BCUT2D eigenvalue weighted by Crippen LogP contribution is -2.03. The van der Waals surface area contributed by atoms with Gasteiger partial charge in [0.05, 0.1) is 24.7 Å². The maximum Gasteiger partial charge on any atom is 0.142 e. The number of nitrogens with zero attached hydrogens (tertiary/aromatic N) is 6. The van der Waals surface area contributed by atoms with Crippen molar-refractivity contribution >= 4 is 5.82 Å². The summed E-state index contributed by atoms with van der Waals surface area (Å²) >= 11 is 0. The molecule has 4 rings (SSSR count). The standard InChI is InChI=1S/C20H17N7O/c1-26-12-13(11-24-26)18-9-15(17(10-21)20(22)25-18)16-8-14(28-2)4-5-19(16)27-7-3-6-23-27/h3-9,11-12H,1-2H3,(H2,22,25). The Morgan fingerprint density at radius 1 is 1.18 bits per heavy atom. The van der Waals surface area contributed by atoms with Crippen LogP contribution in [-0.2, 0) is 7.05 Å². The summed E-state index contributed by atoms with van der Waals surface area (Å²) in [5.41, 5.74) is 10.1. The quantitative estimate of drug-likeness (QED) is 0.591. The molecule has 8 nitrogen and oxygen atoms in total. The highest BCUT2D eigenvalue weighted by atomic mass is 16.5. The molecule has 0 unspecified atom stereocenters. The maximum absolute atomic E-state index is 9.73. The Morgan fingerprint density at radius 3 is 2.68 bits per heavy atom. The highest BCUT2D eigenvalue weighted by molar-refractivity contribution is 5.84. The van der Waals surface area contributed by atoms with Crippen molar-refractivity contribution in [2.45, 2.75) is 0 Å². The van der Waals surface area contributed by atoms with Crippen molar-refractivity contribution in [2.75, 3.05) is 12.8 Å². The van der Waals surface area contributed by atoms with Gasteiger partial charge in [-0.05, 0) is 30.3 Å². The minimum absolute atomic E-state index is 0.160. The Bertz CT molecular complexity index is 1190. The van der Waals surface area contributed by atoms with E-state index in [1.165, 1.54) is 0 Å². The summed E-state index contributed by atoms with van der Waals surface area (Å²) in [6, 6.07) is 11.5. The number of ether oxygens (including phenoxy) is 1. The second-order valence-corrected chi connectivity index (χ2v) is 6.16.